The Morgan fingerprint density at radius 1 is 1.25 bits per heavy atom. The first kappa shape index (κ1) is 25.3. The van der Waals surface area contributed by atoms with E-state index in [1.807, 2.05) is 0 Å². The van der Waals surface area contributed by atoms with Gasteiger partial charge in [0.15, 0.2) is 0 Å². The zero-order valence-electron chi connectivity index (χ0n) is 21.2. The highest BCUT2D eigenvalue weighted by molar-refractivity contribution is 5.66. The van der Waals surface area contributed by atoms with Crippen LogP contribution in [0.1, 0.15) is 98.8 Å². The van der Waals surface area contributed by atoms with E-state index in [0.717, 1.165) is 28.9 Å². The molecule has 3 nitrogen and oxygen atoms in total. The SMILES string of the molecule is C=C1/C(=C\C=C2/CCC[C@]3(C)[C@@H]([C@H](C)CCCC(C)C)CC[C@@H]23)C[C@@H](OC(C)=O)C[C@H]1O. The van der Waals surface area contributed by atoms with Crippen molar-refractivity contribution in [1.29, 1.82) is 0 Å². The van der Waals surface area contributed by atoms with Crippen LogP contribution < -0.4 is 0 Å². The van der Waals surface area contributed by atoms with Gasteiger partial charge in [-0.15, -0.1) is 0 Å². The molecular weight excluding hydrogens is 396 g/mol. The average Bonchev–Trinajstić information content (AvgIpc) is 3.06. The van der Waals surface area contributed by atoms with Gasteiger partial charge in [-0.05, 0) is 72.3 Å². The zero-order valence-corrected chi connectivity index (χ0v) is 21.2. The summed E-state index contributed by atoms with van der Waals surface area (Å²) in [6, 6.07) is 0. The number of esters is 1. The summed E-state index contributed by atoms with van der Waals surface area (Å²) in [6.07, 6.45) is 15.3. The lowest BCUT2D eigenvalue weighted by Crippen LogP contribution is -2.36. The smallest absolute Gasteiger partial charge is 0.302 e. The third-order valence-electron chi connectivity index (χ3n) is 8.75. The molecule has 0 heterocycles. The summed E-state index contributed by atoms with van der Waals surface area (Å²) >= 11 is 0. The van der Waals surface area contributed by atoms with Crippen molar-refractivity contribution in [2.75, 3.05) is 0 Å². The molecule has 6 atom stereocenters. The lowest BCUT2D eigenvalue weighted by atomic mass is 9.60. The second kappa shape index (κ2) is 10.7. The van der Waals surface area contributed by atoms with Crippen LogP contribution in [0.5, 0.6) is 0 Å². The van der Waals surface area contributed by atoms with Crippen molar-refractivity contribution >= 4 is 5.97 Å². The third-order valence-corrected chi connectivity index (χ3v) is 8.75. The highest BCUT2D eigenvalue weighted by atomic mass is 16.5. The standard InChI is InChI=1S/C29H46O3/c1-19(2)9-7-10-20(3)26-14-15-27-23(11-8-16-29(26,27)6)12-13-24-17-25(32-22(5)30)18-28(31)21(24)4/h12-13,19-20,25-28,31H,4,7-11,14-18H2,1-3,5-6H3/b23-12+,24-13-/t20-,25-,26-,27+,28-,29-/m1/s1. The minimum absolute atomic E-state index is 0.253. The molecule has 3 aliphatic carbocycles. The monoisotopic (exact) mass is 442 g/mol. The number of allylic oxidation sites excluding steroid dienone is 3. The molecule has 3 heteroatoms. The van der Waals surface area contributed by atoms with Gasteiger partial charge < -0.3 is 9.84 Å². The average molecular weight is 443 g/mol. The molecular formula is C29H46O3. The maximum atomic E-state index is 11.4. The number of carbonyl (C=O) groups is 1. The molecule has 0 spiro atoms. The Hall–Kier alpha value is -1.35. The van der Waals surface area contributed by atoms with Crippen LogP contribution in [-0.4, -0.2) is 23.3 Å². The Balaban J connectivity index is 1.72. The van der Waals surface area contributed by atoms with Crippen molar-refractivity contribution in [2.45, 2.75) is 111 Å². The number of hydrogen-bond acceptors (Lipinski definition) is 3. The van der Waals surface area contributed by atoms with E-state index in [4.69, 9.17) is 4.74 Å². The van der Waals surface area contributed by atoms with E-state index in [0.29, 0.717) is 24.2 Å². The van der Waals surface area contributed by atoms with Gasteiger partial charge in [0.25, 0.3) is 0 Å². The third kappa shape index (κ3) is 5.76. The lowest BCUT2D eigenvalue weighted by molar-refractivity contribution is -0.147. The molecule has 32 heavy (non-hydrogen) atoms. The van der Waals surface area contributed by atoms with Gasteiger partial charge in [0, 0.05) is 19.8 Å². The zero-order chi connectivity index (χ0) is 23.5. The van der Waals surface area contributed by atoms with Crippen molar-refractivity contribution in [1.82, 2.24) is 0 Å². The molecule has 0 bridgehead atoms. The molecule has 0 saturated heterocycles. The van der Waals surface area contributed by atoms with E-state index < -0.39 is 6.10 Å². The van der Waals surface area contributed by atoms with Crippen LogP contribution in [0.25, 0.3) is 0 Å². The normalized spacial score (nSPS) is 36.5. The van der Waals surface area contributed by atoms with Crippen LogP contribution >= 0.6 is 0 Å². The molecule has 3 aliphatic rings. The number of ether oxygens (including phenoxy) is 1. The largest absolute Gasteiger partial charge is 0.462 e. The second-order valence-electron chi connectivity index (χ2n) is 11.5. The van der Waals surface area contributed by atoms with E-state index in [1.54, 1.807) is 5.57 Å². The Kier molecular flexibility index (Phi) is 8.47. The molecule has 1 N–H and O–H groups in total. The molecule has 0 amide bonds. The Morgan fingerprint density at radius 3 is 2.69 bits per heavy atom. The topological polar surface area (TPSA) is 46.5 Å². The van der Waals surface area contributed by atoms with Gasteiger partial charge in [0.2, 0.25) is 0 Å². The van der Waals surface area contributed by atoms with Gasteiger partial charge in [0.05, 0.1) is 6.10 Å². The number of carbonyl (C=O) groups excluding carboxylic acids is 1. The van der Waals surface area contributed by atoms with Gasteiger partial charge in [-0.2, -0.15) is 0 Å². The van der Waals surface area contributed by atoms with E-state index in [-0.39, 0.29) is 12.1 Å². The fourth-order valence-corrected chi connectivity index (χ4v) is 7.04. The highest BCUT2D eigenvalue weighted by Crippen LogP contribution is 2.60. The number of fused-ring (bicyclic) bond motifs is 1. The molecule has 0 aliphatic heterocycles. The molecule has 0 aromatic rings. The maximum Gasteiger partial charge on any atom is 0.302 e. The predicted molar refractivity (Wildman–Crippen MR) is 132 cm³/mol. The van der Waals surface area contributed by atoms with E-state index in [2.05, 4.69) is 46.4 Å². The number of aliphatic hydroxyl groups excluding tert-OH is 1. The molecule has 180 valence electrons. The van der Waals surface area contributed by atoms with Crippen molar-refractivity contribution in [3.05, 3.63) is 35.5 Å². The summed E-state index contributed by atoms with van der Waals surface area (Å²) in [6.45, 7) is 15.3. The van der Waals surface area contributed by atoms with Gasteiger partial charge >= 0.3 is 5.97 Å². The van der Waals surface area contributed by atoms with Crippen LogP contribution in [-0.2, 0) is 9.53 Å². The van der Waals surface area contributed by atoms with Crippen molar-refractivity contribution in [3.63, 3.8) is 0 Å². The van der Waals surface area contributed by atoms with Crippen LogP contribution in [0.15, 0.2) is 35.5 Å². The molecule has 3 fully saturated rings. The molecule has 3 rings (SSSR count). The molecule has 3 saturated carbocycles. The summed E-state index contributed by atoms with van der Waals surface area (Å²) in [5, 5.41) is 10.4. The van der Waals surface area contributed by atoms with E-state index in [1.165, 1.54) is 58.3 Å². The van der Waals surface area contributed by atoms with Crippen molar-refractivity contribution < 1.29 is 14.6 Å². The van der Waals surface area contributed by atoms with Gasteiger partial charge in [0.1, 0.15) is 6.10 Å². The second-order valence-corrected chi connectivity index (χ2v) is 11.5. The number of hydrogen-bond donors (Lipinski definition) is 1. The summed E-state index contributed by atoms with van der Waals surface area (Å²) in [7, 11) is 0. The maximum absolute atomic E-state index is 11.4. The van der Waals surface area contributed by atoms with Crippen LogP contribution in [0.4, 0.5) is 0 Å². The van der Waals surface area contributed by atoms with Crippen molar-refractivity contribution in [2.24, 2.45) is 29.1 Å². The first-order chi connectivity index (χ1) is 15.1. The van der Waals surface area contributed by atoms with Gasteiger partial charge in [-0.25, -0.2) is 0 Å². The molecule has 0 aromatic carbocycles. The fraction of sp³-hybridized carbons (Fsp3) is 0.759. The Labute approximate surface area is 196 Å². The molecule has 0 aromatic heterocycles. The Bertz CT molecular complexity index is 746. The number of rotatable bonds is 7. The van der Waals surface area contributed by atoms with E-state index in [9.17, 15) is 9.90 Å². The van der Waals surface area contributed by atoms with Crippen LogP contribution in [0, 0.1) is 29.1 Å². The minimum Gasteiger partial charge on any atom is -0.462 e. The summed E-state index contributed by atoms with van der Waals surface area (Å²) in [5.41, 5.74) is 3.82. The summed E-state index contributed by atoms with van der Waals surface area (Å²) < 4.78 is 5.40. The summed E-state index contributed by atoms with van der Waals surface area (Å²) in [4.78, 5) is 11.4. The van der Waals surface area contributed by atoms with Crippen LogP contribution in [0.2, 0.25) is 0 Å². The van der Waals surface area contributed by atoms with Crippen LogP contribution in [0.3, 0.4) is 0 Å². The van der Waals surface area contributed by atoms with Crippen molar-refractivity contribution in [3.8, 4) is 0 Å². The van der Waals surface area contributed by atoms with E-state index >= 15 is 0 Å². The van der Waals surface area contributed by atoms with Gasteiger partial charge in [-0.3, -0.25) is 4.79 Å². The fourth-order valence-electron chi connectivity index (χ4n) is 7.04. The first-order valence-corrected chi connectivity index (χ1v) is 13.1. The first-order valence-electron chi connectivity index (χ1n) is 13.1. The lowest BCUT2D eigenvalue weighted by Gasteiger charge is -2.44. The number of aliphatic hydroxyl groups is 1. The quantitative estimate of drug-likeness (QED) is 0.425. The highest BCUT2D eigenvalue weighted by Gasteiger charge is 2.50. The Morgan fingerprint density at radius 2 is 2.00 bits per heavy atom. The summed E-state index contributed by atoms with van der Waals surface area (Å²) in [5.74, 6) is 2.83. The van der Waals surface area contributed by atoms with Gasteiger partial charge in [-0.1, -0.05) is 71.3 Å². The molecule has 0 unspecified atom stereocenters. The predicted octanol–water partition coefficient (Wildman–Crippen LogP) is 7.16. The minimum atomic E-state index is -0.628. The molecule has 0 radical (unpaired) electrons.